The zero-order chi connectivity index (χ0) is 13.0. The van der Waals surface area contributed by atoms with Gasteiger partial charge in [0.25, 0.3) is 0 Å². The fourth-order valence-electron chi connectivity index (χ4n) is 1.27. The second-order valence-electron chi connectivity index (χ2n) is 3.30. The first kappa shape index (κ1) is 12.8. The molecule has 1 aromatic carbocycles. The lowest BCUT2D eigenvalue weighted by molar-refractivity contribution is 0.0520. The highest BCUT2D eigenvalue weighted by Gasteiger charge is 2.17. The van der Waals surface area contributed by atoms with Crippen molar-refractivity contribution in [2.75, 3.05) is 11.9 Å². The first-order valence-corrected chi connectivity index (χ1v) is 6.38. The Balaban J connectivity index is 2.17. The number of anilines is 2. The molecule has 0 atom stereocenters. The summed E-state index contributed by atoms with van der Waals surface area (Å²) in [6.45, 7) is 2.04. The van der Waals surface area contributed by atoms with Crippen molar-refractivity contribution in [3.63, 3.8) is 0 Å². The zero-order valence-electron chi connectivity index (χ0n) is 9.51. The quantitative estimate of drug-likeness (QED) is 0.874. The average molecular weight is 284 g/mol. The maximum atomic E-state index is 11.6. The fourth-order valence-corrected chi connectivity index (χ4v) is 1.97. The summed E-state index contributed by atoms with van der Waals surface area (Å²) in [4.78, 5) is 11.6. The van der Waals surface area contributed by atoms with Crippen molar-refractivity contribution < 1.29 is 9.53 Å². The molecular formula is C11H10ClN3O2S. The second-order valence-corrected chi connectivity index (χ2v) is 4.49. The first-order valence-electron chi connectivity index (χ1n) is 5.22. The average Bonchev–Trinajstić information content (AvgIpc) is 2.81. The maximum absolute atomic E-state index is 11.6. The highest BCUT2D eigenvalue weighted by atomic mass is 35.5. The van der Waals surface area contributed by atoms with Gasteiger partial charge in [-0.15, -0.1) is 5.10 Å². The predicted octanol–water partition coefficient (Wildman–Crippen LogP) is 3.11. The fraction of sp³-hybridized carbons (Fsp3) is 0.182. The first-order chi connectivity index (χ1) is 8.70. The van der Waals surface area contributed by atoms with E-state index in [-0.39, 0.29) is 5.69 Å². The van der Waals surface area contributed by atoms with Crippen LogP contribution in [0.25, 0.3) is 0 Å². The summed E-state index contributed by atoms with van der Waals surface area (Å²) in [5.41, 5.74) is 0.993. The summed E-state index contributed by atoms with van der Waals surface area (Å²) in [5.74, 6) is -0.484. The number of hydrogen-bond donors (Lipinski definition) is 1. The van der Waals surface area contributed by atoms with E-state index in [4.69, 9.17) is 16.3 Å². The molecule has 18 heavy (non-hydrogen) atoms. The molecule has 0 aliphatic heterocycles. The van der Waals surface area contributed by atoms with E-state index in [0.717, 1.165) is 17.2 Å². The summed E-state index contributed by atoms with van der Waals surface area (Å²) in [6, 6.07) is 7.11. The van der Waals surface area contributed by atoms with Crippen LogP contribution in [0.2, 0.25) is 5.02 Å². The summed E-state index contributed by atoms with van der Waals surface area (Å²) in [6.07, 6.45) is 0. The Labute approximate surface area is 113 Å². The molecule has 0 amide bonds. The lowest BCUT2D eigenvalue weighted by Crippen LogP contribution is -2.07. The zero-order valence-corrected chi connectivity index (χ0v) is 11.1. The molecule has 0 spiro atoms. The van der Waals surface area contributed by atoms with Gasteiger partial charge in [0.15, 0.2) is 0 Å². The molecule has 1 heterocycles. The lowest BCUT2D eigenvalue weighted by atomic mass is 10.3. The van der Waals surface area contributed by atoms with E-state index in [1.54, 1.807) is 31.2 Å². The van der Waals surface area contributed by atoms with E-state index >= 15 is 0 Å². The second kappa shape index (κ2) is 5.79. The number of esters is 1. The molecule has 0 aliphatic rings. The number of nitrogens with zero attached hydrogens (tertiary/aromatic N) is 2. The molecule has 1 aromatic heterocycles. The van der Waals surface area contributed by atoms with Crippen molar-refractivity contribution >= 4 is 39.8 Å². The van der Waals surface area contributed by atoms with Gasteiger partial charge in [-0.2, -0.15) is 0 Å². The van der Waals surface area contributed by atoms with Crippen LogP contribution in [0.5, 0.6) is 0 Å². The molecule has 0 saturated carbocycles. The van der Waals surface area contributed by atoms with Crippen LogP contribution < -0.4 is 5.32 Å². The number of ether oxygens (including phenoxy) is 1. The normalized spacial score (nSPS) is 10.1. The third-order valence-corrected chi connectivity index (χ3v) is 2.95. The molecule has 0 fully saturated rings. The Morgan fingerprint density at radius 2 is 2.17 bits per heavy atom. The van der Waals surface area contributed by atoms with Crippen LogP contribution in [-0.2, 0) is 4.74 Å². The largest absolute Gasteiger partial charge is 0.461 e. The minimum absolute atomic E-state index is 0.191. The minimum Gasteiger partial charge on any atom is -0.461 e. The number of carbonyl (C=O) groups excluding carboxylic acids is 1. The topological polar surface area (TPSA) is 64.1 Å². The smallest absolute Gasteiger partial charge is 0.362 e. The number of halogens is 1. The molecule has 1 N–H and O–H groups in total. The molecule has 0 unspecified atom stereocenters. The highest BCUT2D eigenvalue weighted by Crippen LogP contribution is 2.24. The van der Waals surface area contributed by atoms with Gasteiger partial charge in [-0.3, -0.25) is 0 Å². The standard InChI is InChI=1S/C11H10ClN3O2S/c1-2-17-11(16)9-10(18-15-14-9)13-8-5-3-7(12)4-6-8/h3-6,13H,2H2,1H3. The number of aromatic nitrogens is 2. The van der Waals surface area contributed by atoms with Gasteiger partial charge in [0.2, 0.25) is 5.69 Å². The molecule has 0 radical (unpaired) electrons. The third-order valence-electron chi connectivity index (χ3n) is 2.06. The number of carbonyl (C=O) groups is 1. The Bertz CT molecular complexity index is 541. The molecule has 0 bridgehead atoms. The molecule has 2 aromatic rings. The number of hydrogen-bond acceptors (Lipinski definition) is 6. The monoisotopic (exact) mass is 283 g/mol. The van der Waals surface area contributed by atoms with Gasteiger partial charge in [0, 0.05) is 22.2 Å². The molecular weight excluding hydrogens is 274 g/mol. The molecule has 0 aliphatic carbocycles. The van der Waals surface area contributed by atoms with Crippen LogP contribution in [0.3, 0.4) is 0 Å². The van der Waals surface area contributed by atoms with Gasteiger partial charge in [0.05, 0.1) is 6.61 Å². The van der Waals surface area contributed by atoms with E-state index in [2.05, 4.69) is 14.9 Å². The van der Waals surface area contributed by atoms with Crippen molar-refractivity contribution in [3.05, 3.63) is 35.0 Å². The van der Waals surface area contributed by atoms with Gasteiger partial charge in [-0.25, -0.2) is 4.79 Å². The van der Waals surface area contributed by atoms with Crippen LogP contribution in [0, 0.1) is 0 Å². The summed E-state index contributed by atoms with van der Waals surface area (Å²) in [5, 5.41) is 8.01. The number of benzene rings is 1. The SMILES string of the molecule is CCOC(=O)c1nnsc1Nc1ccc(Cl)cc1. The number of nitrogens with one attached hydrogen (secondary N) is 1. The predicted molar refractivity (Wildman–Crippen MR) is 70.6 cm³/mol. The van der Waals surface area contributed by atoms with Crippen LogP contribution in [-0.4, -0.2) is 22.2 Å². The van der Waals surface area contributed by atoms with Crippen molar-refractivity contribution in [1.29, 1.82) is 0 Å². The molecule has 2 rings (SSSR count). The number of rotatable bonds is 4. The molecule has 94 valence electrons. The van der Waals surface area contributed by atoms with Crippen LogP contribution >= 0.6 is 23.1 Å². The summed E-state index contributed by atoms with van der Waals surface area (Å²) < 4.78 is 8.63. The lowest BCUT2D eigenvalue weighted by Gasteiger charge is -2.04. The van der Waals surface area contributed by atoms with E-state index in [1.807, 2.05) is 0 Å². The van der Waals surface area contributed by atoms with E-state index in [9.17, 15) is 4.79 Å². The molecule has 7 heteroatoms. The molecule has 0 saturated heterocycles. The van der Waals surface area contributed by atoms with Crippen molar-refractivity contribution in [1.82, 2.24) is 9.59 Å². The van der Waals surface area contributed by atoms with Crippen LogP contribution in [0.1, 0.15) is 17.4 Å². The van der Waals surface area contributed by atoms with Gasteiger partial charge < -0.3 is 10.1 Å². The minimum atomic E-state index is -0.484. The summed E-state index contributed by atoms with van der Waals surface area (Å²) >= 11 is 6.89. The Morgan fingerprint density at radius 1 is 1.44 bits per heavy atom. The maximum Gasteiger partial charge on any atom is 0.362 e. The van der Waals surface area contributed by atoms with E-state index in [1.165, 1.54) is 0 Å². The van der Waals surface area contributed by atoms with Gasteiger partial charge in [-0.05, 0) is 31.2 Å². The van der Waals surface area contributed by atoms with Crippen molar-refractivity contribution in [2.45, 2.75) is 6.92 Å². The third kappa shape index (κ3) is 2.96. The summed E-state index contributed by atoms with van der Waals surface area (Å²) in [7, 11) is 0. The van der Waals surface area contributed by atoms with Gasteiger partial charge in [-0.1, -0.05) is 16.1 Å². The van der Waals surface area contributed by atoms with Crippen molar-refractivity contribution in [2.24, 2.45) is 0 Å². The van der Waals surface area contributed by atoms with E-state index in [0.29, 0.717) is 16.6 Å². The molecule has 5 nitrogen and oxygen atoms in total. The van der Waals surface area contributed by atoms with Crippen molar-refractivity contribution in [3.8, 4) is 0 Å². The Morgan fingerprint density at radius 3 is 2.83 bits per heavy atom. The Hall–Kier alpha value is -1.66. The highest BCUT2D eigenvalue weighted by molar-refractivity contribution is 7.10. The van der Waals surface area contributed by atoms with Gasteiger partial charge >= 0.3 is 5.97 Å². The van der Waals surface area contributed by atoms with E-state index < -0.39 is 5.97 Å². The van der Waals surface area contributed by atoms with Crippen LogP contribution in [0.4, 0.5) is 10.7 Å². The Kier molecular flexibility index (Phi) is 4.11. The van der Waals surface area contributed by atoms with Gasteiger partial charge in [0.1, 0.15) is 5.00 Å². The van der Waals surface area contributed by atoms with Crippen LogP contribution in [0.15, 0.2) is 24.3 Å².